The molecule has 0 heterocycles. The standard InChI is InChI=1S/C14H10F3NO2/c1-7-4-8(2-3-9(7)14(19)20)18-13-6-11(16)10(15)5-12(13)17/h2-6,18H,1H3,(H,19,20). The van der Waals surface area contributed by atoms with Gasteiger partial charge in [0.1, 0.15) is 5.82 Å². The van der Waals surface area contributed by atoms with E-state index >= 15 is 0 Å². The highest BCUT2D eigenvalue weighted by molar-refractivity contribution is 5.90. The fraction of sp³-hybridized carbons (Fsp3) is 0.0714. The molecule has 2 rings (SSSR count). The van der Waals surface area contributed by atoms with Crippen LogP contribution in [0, 0.1) is 24.4 Å². The van der Waals surface area contributed by atoms with Crippen LogP contribution in [0.2, 0.25) is 0 Å². The maximum atomic E-state index is 13.5. The van der Waals surface area contributed by atoms with Gasteiger partial charge in [-0.05, 0) is 30.7 Å². The molecule has 0 aliphatic rings. The monoisotopic (exact) mass is 281 g/mol. The van der Waals surface area contributed by atoms with E-state index < -0.39 is 23.4 Å². The van der Waals surface area contributed by atoms with Gasteiger partial charge in [0.2, 0.25) is 0 Å². The molecule has 0 aliphatic carbocycles. The third-order valence-electron chi connectivity index (χ3n) is 2.75. The average Bonchev–Trinajstić information content (AvgIpc) is 2.35. The van der Waals surface area contributed by atoms with Crippen LogP contribution >= 0.6 is 0 Å². The van der Waals surface area contributed by atoms with Crippen molar-refractivity contribution in [3.8, 4) is 0 Å². The number of nitrogens with one attached hydrogen (secondary N) is 1. The normalized spacial score (nSPS) is 10.4. The molecule has 0 saturated heterocycles. The molecule has 2 N–H and O–H groups in total. The first-order valence-corrected chi connectivity index (χ1v) is 5.64. The molecule has 3 nitrogen and oxygen atoms in total. The Bertz CT molecular complexity index is 686. The van der Waals surface area contributed by atoms with Crippen molar-refractivity contribution in [3.05, 3.63) is 58.9 Å². The summed E-state index contributed by atoms with van der Waals surface area (Å²) in [5.41, 5.74) is 0.718. The summed E-state index contributed by atoms with van der Waals surface area (Å²) in [5, 5.41) is 11.5. The molecule has 0 fully saturated rings. The van der Waals surface area contributed by atoms with Crippen molar-refractivity contribution in [1.29, 1.82) is 0 Å². The maximum absolute atomic E-state index is 13.5. The summed E-state index contributed by atoms with van der Waals surface area (Å²) in [4.78, 5) is 10.9. The lowest BCUT2D eigenvalue weighted by molar-refractivity contribution is 0.0696. The van der Waals surface area contributed by atoms with Crippen molar-refractivity contribution in [2.75, 3.05) is 5.32 Å². The smallest absolute Gasteiger partial charge is 0.335 e. The van der Waals surface area contributed by atoms with E-state index in [-0.39, 0.29) is 11.3 Å². The second-order valence-electron chi connectivity index (χ2n) is 4.21. The van der Waals surface area contributed by atoms with Gasteiger partial charge in [-0.2, -0.15) is 0 Å². The predicted octanol–water partition coefficient (Wildman–Crippen LogP) is 3.85. The summed E-state index contributed by atoms with van der Waals surface area (Å²) >= 11 is 0. The van der Waals surface area contributed by atoms with Crippen molar-refractivity contribution >= 4 is 17.3 Å². The van der Waals surface area contributed by atoms with Crippen molar-refractivity contribution in [2.24, 2.45) is 0 Å². The molecule has 2 aromatic carbocycles. The van der Waals surface area contributed by atoms with E-state index in [9.17, 15) is 18.0 Å². The molecule has 0 amide bonds. The zero-order valence-corrected chi connectivity index (χ0v) is 10.4. The third kappa shape index (κ3) is 2.74. The molecule has 0 bridgehead atoms. The number of benzene rings is 2. The van der Waals surface area contributed by atoms with Gasteiger partial charge in [0.15, 0.2) is 11.6 Å². The number of aryl methyl sites for hydroxylation is 1. The van der Waals surface area contributed by atoms with E-state index in [0.29, 0.717) is 23.4 Å². The summed E-state index contributed by atoms with van der Waals surface area (Å²) in [5.74, 6) is -4.46. The molecule has 0 unspecified atom stereocenters. The number of rotatable bonds is 3. The fourth-order valence-electron chi connectivity index (χ4n) is 1.76. The van der Waals surface area contributed by atoms with Gasteiger partial charge < -0.3 is 10.4 Å². The van der Waals surface area contributed by atoms with Crippen molar-refractivity contribution in [1.82, 2.24) is 0 Å². The second-order valence-corrected chi connectivity index (χ2v) is 4.21. The Balaban J connectivity index is 2.33. The fourth-order valence-corrected chi connectivity index (χ4v) is 1.76. The molecule has 0 saturated carbocycles. The first-order valence-electron chi connectivity index (χ1n) is 5.64. The van der Waals surface area contributed by atoms with Crippen molar-refractivity contribution in [2.45, 2.75) is 6.92 Å². The number of hydrogen-bond acceptors (Lipinski definition) is 2. The Kier molecular flexibility index (Phi) is 3.65. The van der Waals surface area contributed by atoms with Gasteiger partial charge in [-0.15, -0.1) is 0 Å². The summed E-state index contributed by atoms with van der Waals surface area (Å²) in [7, 11) is 0. The van der Waals surface area contributed by atoms with E-state index in [1.54, 1.807) is 6.92 Å². The zero-order chi connectivity index (χ0) is 14.9. The molecule has 0 aliphatic heterocycles. The molecule has 0 spiro atoms. The van der Waals surface area contributed by atoms with Gasteiger partial charge in [-0.3, -0.25) is 0 Å². The number of hydrogen-bond donors (Lipinski definition) is 2. The molecule has 104 valence electrons. The van der Waals surface area contributed by atoms with Crippen molar-refractivity contribution in [3.63, 3.8) is 0 Å². The van der Waals surface area contributed by atoms with Gasteiger partial charge >= 0.3 is 5.97 Å². The second kappa shape index (κ2) is 5.24. The molecule has 0 aromatic heterocycles. The number of carboxylic acid groups (broad SMARTS) is 1. The number of carboxylic acids is 1. The highest BCUT2D eigenvalue weighted by atomic mass is 19.2. The molecular formula is C14H10F3NO2. The Labute approximate surface area is 112 Å². The van der Waals surface area contributed by atoms with Crippen LogP contribution in [-0.2, 0) is 0 Å². The first kappa shape index (κ1) is 13.9. The topological polar surface area (TPSA) is 49.3 Å². The summed E-state index contributed by atoms with van der Waals surface area (Å²) in [6.07, 6.45) is 0. The highest BCUT2D eigenvalue weighted by Crippen LogP contribution is 2.24. The van der Waals surface area contributed by atoms with Crippen LogP contribution in [0.4, 0.5) is 24.5 Å². The minimum atomic E-state index is -1.27. The van der Waals surface area contributed by atoms with E-state index in [0.717, 1.165) is 0 Å². The zero-order valence-electron chi connectivity index (χ0n) is 10.4. The van der Waals surface area contributed by atoms with Gasteiger partial charge in [-0.1, -0.05) is 0 Å². The molecule has 0 atom stereocenters. The molecule has 2 aromatic rings. The SMILES string of the molecule is Cc1cc(Nc2cc(F)c(F)cc2F)ccc1C(=O)O. The van der Waals surface area contributed by atoms with Crippen LogP contribution in [0.5, 0.6) is 0 Å². The highest BCUT2D eigenvalue weighted by Gasteiger charge is 2.11. The van der Waals surface area contributed by atoms with Crippen LogP contribution < -0.4 is 5.32 Å². The number of halogens is 3. The Hall–Kier alpha value is -2.50. The van der Waals surface area contributed by atoms with Crippen molar-refractivity contribution < 1.29 is 23.1 Å². The minimum absolute atomic E-state index is 0.112. The minimum Gasteiger partial charge on any atom is -0.478 e. The Morgan fingerprint density at radius 3 is 2.30 bits per heavy atom. The number of carbonyl (C=O) groups is 1. The van der Waals surface area contributed by atoms with Gasteiger partial charge in [-0.25, -0.2) is 18.0 Å². The van der Waals surface area contributed by atoms with Gasteiger partial charge in [0.25, 0.3) is 0 Å². The number of anilines is 2. The lowest BCUT2D eigenvalue weighted by Crippen LogP contribution is -2.01. The Morgan fingerprint density at radius 2 is 1.70 bits per heavy atom. The quantitative estimate of drug-likeness (QED) is 0.840. The summed E-state index contributed by atoms with van der Waals surface area (Å²) in [6, 6.07) is 5.38. The third-order valence-corrected chi connectivity index (χ3v) is 2.75. The van der Waals surface area contributed by atoms with E-state index in [1.165, 1.54) is 18.2 Å². The van der Waals surface area contributed by atoms with Gasteiger partial charge in [0, 0.05) is 17.8 Å². The number of aromatic carboxylic acids is 1. The van der Waals surface area contributed by atoms with Gasteiger partial charge in [0.05, 0.1) is 11.3 Å². The predicted molar refractivity (Wildman–Crippen MR) is 67.7 cm³/mol. The maximum Gasteiger partial charge on any atom is 0.335 e. The van der Waals surface area contributed by atoms with Crippen LogP contribution in [-0.4, -0.2) is 11.1 Å². The average molecular weight is 281 g/mol. The first-order chi connectivity index (χ1) is 9.38. The summed E-state index contributed by atoms with van der Waals surface area (Å²) < 4.78 is 39.3. The lowest BCUT2D eigenvalue weighted by Gasteiger charge is -2.10. The van der Waals surface area contributed by atoms with Crippen LogP contribution in [0.25, 0.3) is 0 Å². The van der Waals surface area contributed by atoms with Crippen LogP contribution in [0.1, 0.15) is 15.9 Å². The largest absolute Gasteiger partial charge is 0.478 e. The molecular weight excluding hydrogens is 271 g/mol. The summed E-state index contributed by atoms with van der Waals surface area (Å²) in [6.45, 7) is 1.58. The van der Waals surface area contributed by atoms with E-state index in [1.807, 2.05) is 0 Å². The van der Waals surface area contributed by atoms with E-state index in [4.69, 9.17) is 5.11 Å². The molecule has 0 radical (unpaired) electrons. The van der Waals surface area contributed by atoms with Crippen LogP contribution in [0.15, 0.2) is 30.3 Å². The Morgan fingerprint density at radius 1 is 1.05 bits per heavy atom. The molecule has 20 heavy (non-hydrogen) atoms. The molecule has 6 heteroatoms. The van der Waals surface area contributed by atoms with Crippen LogP contribution in [0.3, 0.4) is 0 Å². The van der Waals surface area contributed by atoms with E-state index in [2.05, 4.69) is 5.32 Å². The lowest BCUT2D eigenvalue weighted by atomic mass is 10.1.